The van der Waals surface area contributed by atoms with Crippen molar-refractivity contribution in [1.29, 1.82) is 5.26 Å². The second kappa shape index (κ2) is 9.14. The fraction of sp³-hybridized carbons (Fsp3) is 0.296. The zero-order valence-electron chi connectivity index (χ0n) is 18.6. The van der Waals surface area contributed by atoms with E-state index in [1.165, 1.54) is 6.07 Å². The van der Waals surface area contributed by atoms with Crippen molar-refractivity contribution in [1.82, 2.24) is 9.88 Å². The smallest absolute Gasteiger partial charge is 0.410 e. The summed E-state index contributed by atoms with van der Waals surface area (Å²) in [5, 5.41) is 8.88. The van der Waals surface area contributed by atoms with Crippen LogP contribution in [-0.4, -0.2) is 29.1 Å². The molecule has 2 aromatic carbocycles. The van der Waals surface area contributed by atoms with E-state index >= 15 is 0 Å². The molecule has 0 N–H and O–H groups in total. The number of carbonyl (C=O) groups excluding carboxylic acids is 1. The van der Waals surface area contributed by atoms with Crippen molar-refractivity contribution in [3.8, 4) is 11.9 Å². The minimum atomic E-state index is -0.470. The number of hydrogen-bond donors (Lipinski definition) is 0. The summed E-state index contributed by atoms with van der Waals surface area (Å²) in [7, 11) is 0. The van der Waals surface area contributed by atoms with Crippen molar-refractivity contribution in [2.24, 2.45) is 5.92 Å². The van der Waals surface area contributed by atoms with Crippen LogP contribution < -0.4 is 4.74 Å². The fourth-order valence-corrected chi connectivity index (χ4v) is 4.69. The minimum Gasteiger partial charge on any atom is -0.473 e. The summed E-state index contributed by atoms with van der Waals surface area (Å²) in [4.78, 5) is 19.0. The molecule has 2 atom stereocenters. The Balaban J connectivity index is 1.18. The molecule has 3 aromatic rings. The highest BCUT2D eigenvalue weighted by Gasteiger charge is 2.59. The number of fused-ring (bicyclic) bond motifs is 1. The van der Waals surface area contributed by atoms with Crippen molar-refractivity contribution in [3.63, 3.8) is 0 Å². The number of aromatic nitrogens is 1. The molecule has 2 aliphatic rings. The van der Waals surface area contributed by atoms with Crippen molar-refractivity contribution in [2.45, 2.75) is 31.5 Å². The summed E-state index contributed by atoms with van der Waals surface area (Å²) < 4.78 is 25.4. The maximum absolute atomic E-state index is 14.1. The average Bonchev–Trinajstić information content (AvgIpc) is 3.62. The summed E-state index contributed by atoms with van der Waals surface area (Å²) in [6.07, 6.45) is 1.51. The number of hydrogen-bond acceptors (Lipinski definition) is 5. The van der Waals surface area contributed by atoms with Gasteiger partial charge >= 0.3 is 6.09 Å². The summed E-state index contributed by atoms with van der Waals surface area (Å²) in [5.74, 6) is 0.304. The predicted octanol–water partition coefficient (Wildman–Crippen LogP) is 4.97. The van der Waals surface area contributed by atoms with Crippen LogP contribution in [0.5, 0.6) is 5.88 Å². The minimum absolute atomic E-state index is 0.0332. The Kier molecular flexibility index (Phi) is 5.89. The zero-order chi connectivity index (χ0) is 23.5. The van der Waals surface area contributed by atoms with E-state index in [2.05, 4.69) is 0 Å². The van der Waals surface area contributed by atoms with Crippen LogP contribution in [-0.2, 0) is 23.4 Å². The molecule has 1 aromatic heterocycles. The third-order valence-corrected chi connectivity index (χ3v) is 6.76. The van der Waals surface area contributed by atoms with Crippen molar-refractivity contribution in [2.75, 3.05) is 13.1 Å². The van der Waals surface area contributed by atoms with E-state index in [1.54, 1.807) is 23.1 Å². The number of likely N-dealkylation sites (tertiary alicyclic amines) is 1. The highest BCUT2D eigenvalue weighted by atomic mass is 19.1. The van der Waals surface area contributed by atoms with E-state index in [-0.39, 0.29) is 30.3 Å². The van der Waals surface area contributed by atoms with Gasteiger partial charge < -0.3 is 14.4 Å². The molecule has 1 amide bonds. The van der Waals surface area contributed by atoms with Gasteiger partial charge in [-0.2, -0.15) is 5.26 Å². The van der Waals surface area contributed by atoms with Gasteiger partial charge in [0.1, 0.15) is 19.0 Å². The van der Waals surface area contributed by atoms with Crippen LogP contribution in [0.25, 0.3) is 0 Å². The van der Waals surface area contributed by atoms with Crippen LogP contribution in [0.4, 0.5) is 9.18 Å². The van der Waals surface area contributed by atoms with Crippen molar-refractivity contribution < 1.29 is 18.7 Å². The van der Waals surface area contributed by atoms with Crippen LogP contribution >= 0.6 is 0 Å². The lowest BCUT2D eigenvalue weighted by Gasteiger charge is -2.31. The Morgan fingerprint density at radius 1 is 1.15 bits per heavy atom. The number of piperidine rings is 1. The van der Waals surface area contributed by atoms with E-state index in [0.717, 1.165) is 24.1 Å². The SMILES string of the molecule is N#Cc1ccc(COc2cccc(C34CCN(C(=O)OCc5ccccc5)CC3C4)n2)c(F)c1. The number of halogens is 1. The van der Waals surface area contributed by atoms with E-state index < -0.39 is 5.82 Å². The Morgan fingerprint density at radius 2 is 2.00 bits per heavy atom. The molecule has 1 aliphatic carbocycles. The first-order chi connectivity index (χ1) is 16.6. The fourth-order valence-electron chi connectivity index (χ4n) is 4.69. The van der Waals surface area contributed by atoms with Crippen LogP contribution in [0, 0.1) is 23.1 Å². The lowest BCUT2D eigenvalue weighted by Crippen LogP contribution is -2.40. The van der Waals surface area contributed by atoms with Gasteiger partial charge in [-0.05, 0) is 42.5 Å². The molecule has 1 saturated carbocycles. The van der Waals surface area contributed by atoms with Gasteiger partial charge in [-0.1, -0.05) is 42.5 Å². The number of benzene rings is 2. The molecule has 2 fully saturated rings. The first kappa shape index (κ1) is 21.9. The molecule has 0 radical (unpaired) electrons. The Labute approximate surface area is 197 Å². The molecular weight excluding hydrogens is 433 g/mol. The highest BCUT2D eigenvalue weighted by molar-refractivity contribution is 5.68. The van der Waals surface area contributed by atoms with Crippen LogP contribution in [0.2, 0.25) is 0 Å². The molecule has 2 heterocycles. The largest absolute Gasteiger partial charge is 0.473 e. The predicted molar refractivity (Wildman–Crippen MR) is 122 cm³/mol. The molecule has 172 valence electrons. The Morgan fingerprint density at radius 3 is 2.76 bits per heavy atom. The zero-order valence-corrected chi connectivity index (χ0v) is 18.6. The Hall–Kier alpha value is -3.92. The first-order valence-electron chi connectivity index (χ1n) is 11.3. The molecule has 1 aliphatic heterocycles. The maximum atomic E-state index is 14.1. The van der Waals surface area contributed by atoms with Gasteiger partial charge in [-0.25, -0.2) is 14.2 Å². The van der Waals surface area contributed by atoms with E-state index in [1.807, 2.05) is 48.5 Å². The molecule has 7 heteroatoms. The van der Waals surface area contributed by atoms with Crippen LogP contribution in [0.3, 0.4) is 0 Å². The van der Waals surface area contributed by atoms with Crippen LogP contribution in [0.15, 0.2) is 66.7 Å². The summed E-state index contributed by atoms with van der Waals surface area (Å²) in [6.45, 7) is 1.57. The first-order valence-corrected chi connectivity index (χ1v) is 11.3. The second-order valence-corrected chi connectivity index (χ2v) is 8.86. The molecular formula is C27H24FN3O3. The third kappa shape index (κ3) is 4.44. The number of pyridine rings is 1. The number of ether oxygens (including phenoxy) is 2. The lowest BCUT2D eigenvalue weighted by atomic mass is 9.91. The molecule has 2 unspecified atom stereocenters. The molecule has 5 rings (SSSR count). The van der Waals surface area contributed by atoms with Crippen molar-refractivity contribution >= 4 is 6.09 Å². The number of carbonyl (C=O) groups is 1. The van der Waals surface area contributed by atoms with Gasteiger partial charge in [0.15, 0.2) is 0 Å². The summed E-state index contributed by atoms with van der Waals surface area (Å²) >= 11 is 0. The molecule has 0 spiro atoms. The number of nitriles is 1. The standard InChI is InChI=1S/C27H24FN3O3/c28-23-13-20(15-29)9-10-21(23)18-33-25-8-4-7-24(30-25)27-11-12-31(16-22(27)14-27)26(32)34-17-19-5-2-1-3-6-19/h1-10,13,22H,11-12,14,16-18H2. The van der Waals surface area contributed by atoms with E-state index in [4.69, 9.17) is 19.7 Å². The monoisotopic (exact) mass is 457 g/mol. The third-order valence-electron chi connectivity index (χ3n) is 6.76. The molecule has 1 saturated heterocycles. The molecule has 34 heavy (non-hydrogen) atoms. The molecule has 6 nitrogen and oxygen atoms in total. The van der Waals surface area contributed by atoms with E-state index in [9.17, 15) is 9.18 Å². The van der Waals surface area contributed by atoms with Gasteiger partial charge in [0.2, 0.25) is 5.88 Å². The van der Waals surface area contributed by atoms with Gasteiger partial charge in [0.05, 0.1) is 17.3 Å². The molecule has 0 bridgehead atoms. The summed E-state index contributed by atoms with van der Waals surface area (Å²) in [6, 6.07) is 21.6. The number of amides is 1. The second-order valence-electron chi connectivity index (χ2n) is 8.86. The number of rotatable bonds is 6. The Bertz CT molecular complexity index is 1240. The van der Waals surface area contributed by atoms with Gasteiger partial charge in [0, 0.05) is 30.1 Å². The maximum Gasteiger partial charge on any atom is 0.410 e. The van der Waals surface area contributed by atoms with Crippen LogP contribution in [0.1, 0.15) is 35.2 Å². The number of nitrogens with zero attached hydrogens (tertiary/aromatic N) is 3. The topological polar surface area (TPSA) is 75.5 Å². The lowest BCUT2D eigenvalue weighted by molar-refractivity contribution is 0.0856. The van der Waals surface area contributed by atoms with Gasteiger partial charge in [0.25, 0.3) is 0 Å². The van der Waals surface area contributed by atoms with Gasteiger partial charge in [-0.15, -0.1) is 0 Å². The highest BCUT2D eigenvalue weighted by Crippen LogP contribution is 2.58. The summed E-state index contributed by atoms with van der Waals surface area (Å²) in [5.41, 5.74) is 2.52. The van der Waals surface area contributed by atoms with Gasteiger partial charge in [-0.3, -0.25) is 0 Å². The van der Waals surface area contributed by atoms with E-state index in [0.29, 0.717) is 30.5 Å². The normalized spacial score (nSPS) is 20.7. The quantitative estimate of drug-likeness (QED) is 0.522. The average molecular weight is 458 g/mol. The van der Waals surface area contributed by atoms with Crippen molar-refractivity contribution in [3.05, 3.63) is 94.9 Å².